The molecule has 1 aromatic rings. The van der Waals surface area contributed by atoms with Gasteiger partial charge in [0.25, 0.3) is 0 Å². The Morgan fingerprint density at radius 1 is 1.50 bits per heavy atom. The van der Waals surface area contributed by atoms with Crippen LogP contribution in [0.3, 0.4) is 0 Å². The molecule has 1 aromatic carbocycles. The van der Waals surface area contributed by atoms with Crippen molar-refractivity contribution in [3.05, 3.63) is 29.3 Å². The number of fused-ring (bicyclic) bond motifs is 1. The molecule has 1 aliphatic rings. The molecular formula is C9H11BO2. The second kappa shape index (κ2) is 2.92. The van der Waals surface area contributed by atoms with Crippen molar-refractivity contribution in [2.75, 3.05) is 7.11 Å². The summed E-state index contributed by atoms with van der Waals surface area (Å²) in [7, 11) is 1.51. The highest BCUT2D eigenvalue weighted by molar-refractivity contribution is 6.62. The van der Waals surface area contributed by atoms with Crippen LogP contribution in [0.25, 0.3) is 0 Å². The summed E-state index contributed by atoms with van der Waals surface area (Å²) in [4.78, 5) is 0. The summed E-state index contributed by atoms with van der Waals surface area (Å²) in [6, 6.07) is 6.31. The molecule has 0 unspecified atom stereocenters. The first-order valence-electron chi connectivity index (χ1n) is 4.05. The van der Waals surface area contributed by atoms with Gasteiger partial charge in [0, 0.05) is 7.11 Å². The molecule has 0 N–H and O–H groups in total. The summed E-state index contributed by atoms with van der Waals surface area (Å²) in [5.41, 5.74) is 3.69. The highest BCUT2D eigenvalue weighted by Gasteiger charge is 2.28. The lowest BCUT2D eigenvalue weighted by molar-refractivity contribution is 0.245. The fourth-order valence-electron chi connectivity index (χ4n) is 1.54. The topological polar surface area (TPSA) is 18.5 Å². The first kappa shape index (κ1) is 7.83. The first-order valence-corrected chi connectivity index (χ1v) is 4.05. The van der Waals surface area contributed by atoms with Crippen LogP contribution < -0.4 is 5.46 Å². The lowest BCUT2D eigenvalue weighted by Gasteiger charge is -2.02. The summed E-state index contributed by atoms with van der Waals surface area (Å²) in [5, 5.41) is 0. The molecule has 0 saturated heterocycles. The Morgan fingerprint density at radius 3 is 3.08 bits per heavy atom. The number of hydrogen-bond acceptors (Lipinski definition) is 2. The van der Waals surface area contributed by atoms with Gasteiger partial charge >= 0.3 is 7.12 Å². The van der Waals surface area contributed by atoms with Crippen molar-refractivity contribution in [1.29, 1.82) is 0 Å². The van der Waals surface area contributed by atoms with Crippen LogP contribution in [-0.4, -0.2) is 14.2 Å². The molecule has 2 nitrogen and oxygen atoms in total. The second-order valence-electron chi connectivity index (χ2n) is 3.08. The second-order valence-corrected chi connectivity index (χ2v) is 3.08. The molecule has 0 atom stereocenters. The molecule has 0 radical (unpaired) electrons. The van der Waals surface area contributed by atoms with E-state index in [1.54, 1.807) is 7.11 Å². The minimum atomic E-state index is -0.152. The van der Waals surface area contributed by atoms with Gasteiger partial charge in [0.2, 0.25) is 0 Å². The lowest BCUT2D eigenvalue weighted by Crippen LogP contribution is -2.30. The molecule has 2 rings (SSSR count). The van der Waals surface area contributed by atoms with Gasteiger partial charge in [0.1, 0.15) is 0 Å². The maximum atomic E-state index is 5.41. The summed E-state index contributed by atoms with van der Waals surface area (Å²) in [5.74, 6) is 0. The molecule has 1 heterocycles. The van der Waals surface area contributed by atoms with E-state index in [4.69, 9.17) is 9.31 Å². The van der Waals surface area contributed by atoms with E-state index in [1.165, 1.54) is 16.6 Å². The van der Waals surface area contributed by atoms with E-state index < -0.39 is 0 Å². The monoisotopic (exact) mass is 162 g/mol. The smallest absolute Gasteiger partial charge is 0.410 e. The Hall–Kier alpha value is -0.795. The highest BCUT2D eigenvalue weighted by Crippen LogP contribution is 2.12. The van der Waals surface area contributed by atoms with Crippen molar-refractivity contribution in [3.8, 4) is 0 Å². The Morgan fingerprint density at radius 2 is 2.33 bits per heavy atom. The van der Waals surface area contributed by atoms with Gasteiger partial charge in [-0.15, -0.1) is 0 Å². The van der Waals surface area contributed by atoms with E-state index in [1.807, 2.05) is 0 Å². The van der Waals surface area contributed by atoms with Crippen LogP contribution in [0.15, 0.2) is 18.2 Å². The molecule has 0 bridgehead atoms. The predicted molar refractivity (Wildman–Crippen MR) is 48.4 cm³/mol. The Bertz CT molecular complexity index is 299. The van der Waals surface area contributed by atoms with Gasteiger partial charge in [-0.3, -0.25) is 0 Å². The maximum Gasteiger partial charge on any atom is 0.494 e. The van der Waals surface area contributed by atoms with Gasteiger partial charge in [0.05, 0.1) is 6.61 Å². The van der Waals surface area contributed by atoms with E-state index in [9.17, 15) is 0 Å². The number of aryl methyl sites for hydroxylation is 1. The summed E-state index contributed by atoms with van der Waals surface area (Å²) in [6.45, 7) is 2.76. The minimum absolute atomic E-state index is 0.152. The highest BCUT2D eigenvalue weighted by atomic mass is 16.6. The van der Waals surface area contributed by atoms with Crippen molar-refractivity contribution in [1.82, 2.24) is 0 Å². The van der Waals surface area contributed by atoms with Gasteiger partial charge < -0.3 is 9.31 Å². The van der Waals surface area contributed by atoms with Crippen molar-refractivity contribution < 1.29 is 9.31 Å². The molecular weight excluding hydrogens is 151 g/mol. The average molecular weight is 162 g/mol. The van der Waals surface area contributed by atoms with Gasteiger partial charge in [0.15, 0.2) is 0 Å². The van der Waals surface area contributed by atoms with Crippen LogP contribution >= 0.6 is 0 Å². The van der Waals surface area contributed by atoms with E-state index in [0.29, 0.717) is 6.61 Å². The van der Waals surface area contributed by atoms with Crippen molar-refractivity contribution in [2.24, 2.45) is 0 Å². The summed E-state index contributed by atoms with van der Waals surface area (Å²) in [6.07, 6.45) is 0. The van der Waals surface area contributed by atoms with E-state index in [2.05, 4.69) is 25.1 Å². The zero-order valence-corrected chi connectivity index (χ0v) is 7.33. The predicted octanol–water partition coefficient (Wildman–Crippen LogP) is 0.867. The van der Waals surface area contributed by atoms with Crippen LogP contribution in [-0.2, 0) is 15.9 Å². The van der Waals surface area contributed by atoms with E-state index >= 15 is 0 Å². The van der Waals surface area contributed by atoms with Crippen LogP contribution in [0.4, 0.5) is 0 Å². The number of hydrogen-bond donors (Lipinski definition) is 0. The zero-order chi connectivity index (χ0) is 8.55. The fourth-order valence-corrected chi connectivity index (χ4v) is 1.54. The normalized spacial score (nSPS) is 15.0. The molecule has 0 fully saturated rings. The standard InChI is InChI=1S/C9H11BO2/c1-7-3-4-9-8(5-7)6-12-10(9)11-2/h3-5H,6H2,1-2H3. The van der Waals surface area contributed by atoms with Crippen molar-refractivity contribution >= 4 is 12.6 Å². The van der Waals surface area contributed by atoms with Crippen LogP contribution in [0.1, 0.15) is 11.1 Å². The quantitative estimate of drug-likeness (QED) is 0.570. The Labute approximate surface area is 72.6 Å². The van der Waals surface area contributed by atoms with E-state index in [0.717, 1.165) is 0 Å². The maximum absolute atomic E-state index is 5.41. The van der Waals surface area contributed by atoms with Gasteiger partial charge in [-0.1, -0.05) is 23.8 Å². The molecule has 0 spiro atoms. The molecule has 0 saturated carbocycles. The molecule has 1 aliphatic heterocycles. The van der Waals surface area contributed by atoms with Crippen LogP contribution in [0, 0.1) is 6.92 Å². The SMILES string of the molecule is COB1OCc2cc(C)ccc21. The van der Waals surface area contributed by atoms with Gasteiger partial charge in [-0.05, 0) is 17.9 Å². The molecule has 0 amide bonds. The molecule has 0 aromatic heterocycles. The Balaban J connectivity index is 2.40. The fraction of sp³-hybridized carbons (Fsp3) is 0.333. The zero-order valence-electron chi connectivity index (χ0n) is 7.33. The van der Waals surface area contributed by atoms with Gasteiger partial charge in [-0.2, -0.15) is 0 Å². The minimum Gasteiger partial charge on any atom is -0.410 e. The van der Waals surface area contributed by atoms with Crippen molar-refractivity contribution in [2.45, 2.75) is 13.5 Å². The van der Waals surface area contributed by atoms with Crippen LogP contribution in [0.5, 0.6) is 0 Å². The number of rotatable bonds is 1. The molecule has 62 valence electrons. The summed E-state index contributed by atoms with van der Waals surface area (Å²) >= 11 is 0. The molecule has 0 aliphatic carbocycles. The molecule has 12 heavy (non-hydrogen) atoms. The van der Waals surface area contributed by atoms with Crippen molar-refractivity contribution in [3.63, 3.8) is 0 Å². The molecule has 3 heteroatoms. The third-order valence-electron chi connectivity index (χ3n) is 2.16. The largest absolute Gasteiger partial charge is 0.494 e. The van der Waals surface area contributed by atoms with E-state index in [-0.39, 0.29) is 7.12 Å². The average Bonchev–Trinajstić information content (AvgIpc) is 2.46. The Kier molecular flexibility index (Phi) is 1.91. The third kappa shape index (κ3) is 1.15. The summed E-state index contributed by atoms with van der Waals surface area (Å²) < 4.78 is 10.6. The number of benzene rings is 1. The van der Waals surface area contributed by atoms with Crippen LogP contribution in [0.2, 0.25) is 0 Å². The lowest BCUT2D eigenvalue weighted by atomic mass is 9.78. The van der Waals surface area contributed by atoms with Gasteiger partial charge in [-0.25, -0.2) is 0 Å². The third-order valence-corrected chi connectivity index (χ3v) is 2.16. The first-order chi connectivity index (χ1) is 5.81.